The summed E-state index contributed by atoms with van der Waals surface area (Å²) < 4.78 is 42.9. The van der Waals surface area contributed by atoms with Gasteiger partial charge in [-0.3, -0.25) is 0 Å². The number of benzene rings is 1. The first-order valence-corrected chi connectivity index (χ1v) is 6.22. The van der Waals surface area contributed by atoms with E-state index in [1.807, 2.05) is 0 Å². The van der Waals surface area contributed by atoms with Crippen molar-refractivity contribution in [3.63, 3.8) is 0 Å². The molecule has 0 aliphatic carbocycles. The Morgan fingerprint density at radius 1 is 1.33 bits per heavy atom. The number of halogens is 2. The zero-order chi connectivity index (χ0) is 15.0. The van der Waals surface area contributed by atoms with Crippen LogP contribution in [0.25, 0.3) is 11.0 Å². The molecule has 0 saturated carbocycles. The number of rotatable bonds is 4. The fourth-order valence-corrected chi connectivity index (χ4v) is 1.97. The summed E-state index contributed by atoms with van der Waals surface area (Å²) in [5, 5.41) is 15.8. The molecule has 2 N–H and O–H groups in total. The number of anilines is 1. The number of aromatic nitrogens is 1. The fraction of sp³-hybridized carbons (Fsp3) is 0.308. The average molecular weight is 298 g/mol. The molecule has 0 unspecified atom stereocenters. The molecule has 0 saturated heterocycles. The third kappa shape index (κ3) is 2.27. The number of aliphatic hydroxyl groups is 1. The van der Waals surface area contributed by atoms with Gasteiger partial charge in [-0.2, -0.15) is 4.39 Å². The maximum absolute atomic E-state index is 14.0. The lowest BCUT2D eigenvalue weighted by atomic mass is 10.1. The number of aliphatic hydroxyl groups excluding tert-OH is 1. The zero-order valence-corrected chi connectivity index (χ0v) is 11.0. The van der Waals surface area contributed by atoms with Crippen LogP contribution < -0.4 is 5.32 Å². The Labute approximate surface area is 117 Å². The third-order valence-electron chi connectivity index (χ3n) is 3.04. The van der Waals surface area contributed by atoms with Crippen LogP contribution in [0.4, 0.5) is 14.6 Å². The van der Waals surface area contributed by atoms with Gasteiger partial charge >= 0.3 is 0 Å². The molecule has 1 aromatic carbocycles. The molecule has 0 bridgehead atoms. The van der Waals surface area contributed by atoms with Crippen LogP contribution in [-0.2, 0) is 9.47 Å². The molecule has 2 aromatic rings. The predicted molar refractivity (Wildman–Crippen MR) is 68.1 cm³/mol. The quantitative estimate of drug-likeness (QED) is 0.902. The standard InChI is InChI=1S/C13H12F2N2O4/c1-6(5-18)16-12-8-4-7(13-19-2-3-20-13)9(14)10(15)11(8)21-17-12/h2-4,6,13,18H,5H2,1H3,(H,16,17)/t6-/m1/s1. The predicted octanol–water partition coefficient (Wildman–Crippen LogP) is 2.42. The highest BCUT2D eigenvalue weighted by atomic mass is 19.2. The second-order valence-electron chi connectivity index (χ2n) is 4.61. The van der Waals surface area contributed by atoms with Crippen molar-refractivity contribution in [3.05, 3.63) is 35.8 Å². The molecule has 1 aliphatic heterocycles. The van der Waals surface area contributed by atoms with Crippen LogP contribution in [0.1, 0.15) is 18.8 Å². The van der Waals surface area contributed by atoms with E-state index in [2.05, 4.69) is 10.5 Å². The van der Waals surface area contributed by atoms with E-state index in [0.29, 0.717) is 0 Å². The van der Waals surface area contributed by atoms with E-state index in [-0.39, 0.29) is 35.0 Å². The monoisotopic (exact) mass is 298 g/mol. The Balaban J connectivity index is 2.08. The molecule has 112 valence electrons. The summed E-state index contributed by atoms with van der Waals surface area (Å²) in [4.78, 5) is 0. The number of nitrogens with zero attached hydrogens (tertiary/aromatic N) is 1. The maximum Gasteiger partial charge on any atom is 0.269 e. The summed E-state index contributed by atoms with van der Waals surface area (Å²) in [6.45, 7) is 1.55. The molecule has 0 radical (unpaired) electrons. The summed E-state index contributed by atoms with van der Waals surface area (Å²) in [5.41, 5.74) is -0.414. The van der Waals surface area contributed by atoms with E-state index < -0.39 is 17.9 Å². The van der Waals surface area contributed by atoms with Gasteiger partial charge in [0.05, 0.1) is 17.6 Å². The summed E-state index contributed by atoms with van der Waals surface area (Å²) in [5.74, 6) is -2.08. The largest absolute Gasteiger partial charge is 0.455 e. The Bertz CT molecular complexity index is 693. The number of fused-ring (bicyclic) bond motifs is 1. The topological polar surface area (TPSA) is 76.8 Å². The first-order valence-electron chi connectivity index (χ1n) is 6.22. The van der Waals surface area contributed by atoms with Gasteiger partial charge < -0.3 is 24.4 Å². The lowest BCUT2D eigenvalue weighted by Crippen LogP contribution is -2.19. The van der Waals surface area contributed by atoms with E-state index in [9.17, 15) is 8.78 Å². The van der Waals surface area contributed by atoms with Gasteiger partial charge in [0.1, 0.15) is 12.5 Å². The SMILES string of the molecule is C[C@H](CO)Nc1noc2c(F)c(F)c(C3OC=CO3)cc12. The van der Waals surface area contributed by atoms with Crippen molar-refractivity contribution in [2.24, 2.45) is 0 Å². The molecule has 2 heterocycles. The number of nitrogens with one attached hydrogen (secondary N) is 1. The van der Waals surface area contributed by atoms with Crippen molar-refractivity contribution in [2.45, 2.75) is 19.3 Å². The zero-order valence-electron chi connectivity index (χ0n) is 11.0. The van der Waals surface area contributed by atoms with Gasteiger partial charge in [0.2, 0.25) is 11.4 Å². The minimum atomic E-state index is -1.17. The van der Waals surface area contributed by atoms with Gasteiger partial charge in [-0.05, 0) is 13.0 Å². The Kier molecular flexibility index (Phi) is 3.38. The van der Waals surface area contributed by atoms with Gasteiger partial charge in [-0.25, -0.2) is 4.39 Å². The molecular weight excluding hydrogens is 286 g/mol. The molecule has 8 heteroatoms. The van der Waals surface area contributed by atoms with Crippen LogP contribution in [0, 0.1) is 11.6 Å². The van der Waals surface area contributed by atoms with Gasteiger partial charge in [0.25, 0.3) is 6.29 Å². The molecule has 0 spiro atoms. The second kappa shape index (κ2) is 5.21. The lowest BCUT2D eigenvalue weighted by molar-refractivity contribution is -0.0274. The van der Waals surface area contributed by atoms with E-state index in [0.717, 1.165) is 0 Å². The highest BCUT2D eigenvalue weighted by Crippen LogP contribution is 2.34. The molecule has 1 atom stereocenters. The molecule has 0 amide bonds. The Hall–Kier alpha value is -2.35. The summed E-state index contributed by atoms with van der Waals surface area (Å²) in [6, 6.07) is 1.02. The molecule has 1 aromatic heterocycles. The normalized spacial score (nSPS) is 16.0. The van der Waals surface area contributed by atoms with Crippen molar-refractivity contribution < 1.29 is 27.9 Å². The van der Waals surface area contributed by atoms with E-state index in [4.69, 9.17) is 19.1 Å². The molecule has 21 heavy (non-hydrogen) atoms. The smallest absolute Gasteiger partial charge is 0.269 e. The minimum absolute atomic E-state index is 0.104. The first-order chi connectivity index (χ1) is 10.1. The highest BCUT2D eigenvalue weighted by molar-refractivity contribution is 5.89. The summed E-state index contributed by atoms with van der Waals surface area (Å²) in [6.07, 6.45) is 1.43. The van der Waals surface area contributed by atoms with Crippen LogP contribution in [0.3, 0.4) is 0 Å². The van der Waals surface area contributed by atoms with Crippen molar-refractivity contribution >= 4 is 16.8 Å². The van der Waals surface area contributed by atoms with Crippen LogP contribution in [-0.4, -0.2) is 22.9 Å². The van der Waals surface area contributed by atoms with Crippen molar-refractivity contribution in [1.82, 2.24) is 5.16 Å². The van der Waals surface area contributed by atoms with Crippen LogP contribution in [0.5, 0.6) is 0 Å². The van der Waals surface area contributed by atoms with Crippen LogP contribution in [0.15, 0.2) is 23.1 Å². The average Bonchev–Trinajstić information content (AvgIpc) is 3.12. The van der Waals surface area contributed by atoms with Crippen LogP contribution in [0.2, 0.25) is 0 Å². The Morgan fingerprint density at radius 2 is 2.05 bits per heavy atom. The molecule has 3 rings (SSSR count). The van der Waals surface area contributed by atoms with Gasteiger partial charge in [0, 0.05) is 6.04 Å². The van der Waals surface area contributed by atoms with E-state index >= 15 is 0 Å². The van der Waals surface area contributed by atoms with Gasteiger partial charge in [-0.15, -0.1) is 0 Å². The molecular formula is C13H12F2N2O4. The molecule has 1 aliphatic rings. The van der Waals surface area contributed by atoms with Crippen LogP contribution >= 0.6 is 0 Å². The summed E-state index contributed by atoms with van der Waals surface area (Å²) in [7, 11) is 0. The number of hydrogen-bond acceptors (Lipinski definition) is 6. The summed E-state index contributed by atoms with van der Waals surface area (Å²) >= 11 is 0. The number of hydrogen-bond donors (Lipinski definition) is 2. The van der Waals surface area contributed by atoms with Crippen molar-refractivity contribution in [1.29, 1.82) is 0 Å². The van der Waals surface area contributed by atoms with Crippen molar-refractivity contribution in [3.8, 4) is 0 Å². The number of ether oxygens (including phenoxy) is 2. The van der Waals surface area contributed by atoms with Gasteiger partial charge in [-0.1, -0.05) is 5.16 Å². The highest BCUT2D eigenvalue weighted by Gasteiger charge is 2.27. The fourth-order valence-electron chi connectivity index (χ4n) is 1.97. The first kappa shape index (κ1) is 13.6. The van der Waals surface area contributed by atoms with Crippen molar-refractivity contribution in [2.75, 3.05) is 11.9 Å². The maximum atomic E-state index is 14.0. The third-order valence-corrected chi connectivity index (χ3v) is 3.04. The van der Waals surface area contributed by atoms with E-state index in [1.165, 1.54) is 18.6 Å². The van der Waals surface area contributed by atoms with E-state index in [1.54, 1.807) is 6.92 Å². The lowest BCUT2D eigenvalue weighted by Gasteiger charge is -2.12. The van der Waals surface area contributed by atoms with Gasteiger partial charge in [0.15, 0.2) is 11.6 Å². The Morgan fingerprint density at radius 3 is 2.71 bits per heavy atom. The molecule has 0 fully saturated rings. The minimum Gasteiger partial charge on any atom is -0.455 e. The molecule has 6 nitrogen and oxygen atoms in total. The second-order valence-corrected chi connectivity index (χ2v) is 4.61.